The van der Waals surface area contributed by atoms with Gasteiger partial charge in [-0.25, -0.2) is 4.79 Å². The van der Waals surface area contributed by atoms with Gasteiger partial charge in [0.25, 0.3) is 0 Å². The molecule has 3 rings (SSSR count). The molecule has 2 amide bonds. The molecule has 2 aromatic carbocycles. The first-order valence-electron chi connectivity index (χ1n) is 9.64. The second-order valence-electron chi connectivity index (χ2n) is 7.20. The van der Waals surface area contributed by atoms with Crippen LogP contribution in [-0.2, 0) is 27.0 Å². The van der Waals surface area contributed by atoms with Crippen molar-refractivity contribution < 1.29 is 37.0 Å². The lowest BCUT2D eigenvalue weighted by Crippen LogP contribution is -2.32. The molecule has 2 aromatic rings. The van der Waals surface area contributed by atoms with Gasteiger partial charge in [-0.15, -0.1) is 0 Å². The van der Waals surface area contributed by atoms with E-state index in [1.54, 1.807) is 12.1 Å². The van der Waals surface area contributed by atoms with E-state index in [1.165, 1.54) is 37.3 Å². The number of alkyl halides is 3. The quantitative estimate of drug-likeness (QED) is 0.684. The number of amides is 2. The number of esters is 1. The van der Waals surface area contributed by atoms with Crippen LogP contribution < -0.4 is 15.0 Å². The molecule has 0 radical (unpaired) electrons. The number of hydrogen-bond acceptors (Lipinski definition) is 5. The maximum atomic E-state index is 13.0. The fourth-order valence-corrected chi connectivity index (χ4v) is 3.45. The molecule has 7 nitrogen and oxygen atoms in total. The summed E-state index contributed by atoms with van der Waals surface area (Å²) < 4.78 is 48.7. The summed E-state index contributed by atoms with van der Waals surface area (Å²) in [6.45, 7) is 0.0586. The number of halogens is 3. The highest BCUT2D eigenvalue weighted by Crippen LogP contribution is 2.33. The number of carbonyl (C=O) groups excluding carboxylic acids is 3. The van der Waals surface area contributed by atoms with Crippen molar-refractivity contribution in [1.29, 1.82) is 0 Å². The van der Waals surface area contributed by atoms with Gasteiger partial charge < -0.3 is 19.7 Å². The molecule has 1 N–H and O–H groups in total. The maximum Gasteiger partial charge on any atom is 0.416 e. The summed E-state index contributed by atoms with van der Waals surface area (Å²) in [6.07, 6.45) is -4.64. The fourth-order valence-electron chi connectivity index (χ4n) is 3.45. The highest BCUT2D eigenvalue weighted by molar-refractivity contribution is 6.00. The van der Waals surface area contributed by atoms with E-state index in [1.807, 2.05) is 0 Å². The lowest BCUT2D eigenvalue weighted by molar-refractivity contribution is -0.137. The molecule has 0 bridgehead atoms. The Kier molecular flexibility index (Phi) is 6.71. The summed E-state index contributed by atoms with van der Waals surface area (Å²) in [7, 11) is 2.65. The average Bonchev–Trinajstić information content (AvgIpc) is 3.18. The van der Waals surface area contributed by atoms with Crippen LogP contribution in [0.5, 0.6) is 5.75 Å². The number of methoxy groups -OCH3 is 2. The number of ether oxygens (including phenoxy) is 2. The molecule has 1 aliphatic rings. The van der Waals surface area contributed by atoms with E-state index in [9.17, 15) is 27.6 Å². The minimum absolute atomic E-state index is 0.0258. The third-order valence-electron chi connectivity index (χ3n) is 5.12. The summed E-state index contributed by atoms with van der Waals surface area (Å²) in [6, 6.07) is 9.21. The molecule has 1 fully saturated rings. The van der Waals surface area contributed by atoms with E-state index in [0.717, 1.165) is 12.1 Å². The third-order valence-corrected chi connectivity index (χ3v) is 5.12. The van der Waals surface area contributed by atoms with E-state index >= 15 is 0 Å². The summed E-state index contributed by atoms with van der Waals surface area (Å²) >= 11 is 0. The Morgan fingerprint density at radius 1 is 1.16 bits per heavy atom. The Morgan fingerprint density at radius 3 is 2.56 bits per heavy atom. The van der Waals surface area contributed by atoms with Crippen LogP contribution in [0.1, 0.15) is 27.9 Å². The van der Waals surface area contributed by atoms with Gasteiger partial charge in [-0.2, -0.15) is 13.2 Å². The standard InChI is InChI=1S/C22H21F3N2O5/c1-31-18-7-6-13(8-17(18)21(30)32-2)11-26-20(29)14-9-19(28)27(12-14)16-5-3-4-15(10-16)22(23,24)25/h3-8,10,14H,9,11-12H2,1-2H3,(H,26,29)/t14-/m1/s1. The van der Waals surface area contributed by atoms with Gasteiger partial charge in [-0.3, -0.25) is 9.59 Å². The predicted octanol–water partition coefficient (Wildman–Crippen LogP) is 3.17. The van der Waals surface area contributed by atoms with Crippen molar-refractivity contribution in [1.82, 2.24) is 5.32 Å². The minimum Gasteiger partial charge on any atom is -0.496 e. The van der Waals surface area contributed by atoms with Gasteiger partial charge >= 0.3 is 12.1 Å². The summed E-state index contributed by atoms with van der Waals surface area (Å²) in [5, 5.41) is 2.70. The first-order valence-corrected chi connectivity index (χ1v) is 9.64. The lowest BCUT2D eigenvalue weighted by atomic mass is 10.1. The number of carbonyl (C=O) groups is 3. The molecular weight excluding hydrogens is 429 g/mol. The molecule has 170 valence electrons. The molecule has 1 aliphatic heterocycles. The molecule has 0 spiro atoms. The molecule has 1 heterocycles. The summed E-state index contributed by atoms with van der Waals surface area (Å²) in [4.78, 5) is 38.0. The number of rotatable bonds is 6. The van der Waals surface area contributed by atoms with Crippen molar-refractivity contribution in [3.05, 3.63) is 59.2 Å². The maximum absolute atomic E-state index is 13.0. The molecular formula is C22H21F3N2O5. The van der Waals surface area contributed by atoms with Crippen LogP contribution in [0.2, 0.25) is 0 Å². The Morgan fingerprint density at radius 2 is 1.91 bits per heavy atom. The topological polar surface area (TPSA) is 84.9 Å². The van der Waals surface area contributed by atoms with Crippen molar-refractivity contribution in [3.63, 3.8) is 0 Å². The number of anilines is 1. The number of hydrogen-bond donors (Lipinski definition) is 1. The van der Waals surface area contributed by atoms with Gasteiger partial charge in [0, 0.05) is 25.2 Å². The number of nitrogens with zero attached hydrogens (tertiary/aromatic N) is 1. The van der Waals surface area contributed by atoms with Crippen molar-refractivity contribution in [2.45, 2.75) is 19.1 Å². The number of benzene rings is 2. The first kappa shape index (κ1) is 23.1. The summed E-state index contributed by atoms with van der Waals surface area (Å²) in [5.74, 6) is -1.82. The molecule has 0 unspecified atom stereocenters. The van der Waals surface area contributed by atoms with Gasteiger partial charge in [0.1, 0.15) is 11.3 Å². The van der Waals surface area contributed by atoms with Crippen LogP contribution >= 0.6 is 0 Å². The fraction of sp³-hybridized carbons (Fsp3) is 0.318. The van der Waals surface area contributed by atoms with E-state index < -0.39 is 35.4 Å². The van der Waals surface area contributed by atoms with Crippen LogP contribution in [0.3, 0.4) is 0 Å². The third kappa shape index (κ3) is 5.01. The van der Waals surface area contributed by atoms with Gasteiger partial charge in [0.05, 0.1) is 25.7 Å². The summed E-state index contributed by atoms with van der Waals surface area (Å²) in [5.41, 5.74) is 0.0433. The minimum atomic E-state index is -4.53. The Hall–Kier alpha value is -3.56. The Labute approximate surface area is 182 Å². The van der Waals surface area contributed by atoms with Gasteiger partial charge in [-0.05, 0) is 35.9 Å². The molecule has 1 atom stereocenters. The predicted molar refractivity (Wildman–Crippen MR) is 108 cm³/mol. The zero-order valence-electron chi connectivity index (χ0n) is 17.4. The molecule has 0 aromatic heterocycles. The average molecular weight is 450 g/mol. The zero-order valence-corrected chi connectivity index (χ0v) is 17.4. The van der Waals surface area contributed by atoms with Crippen molar-refractivity contribution in [2.24, 2.45) is 5.92 Å². The van der Waals surface area contributed by atoms with E-state index in [2.05, 4.69) is 5.32 Å². The van der Waals surface area contributed by atoms with E-state index in [0.29, 0.717) is 11.3 Å². The van der Waals surface area contributed by atoms with Gasteiger partial charge in [-0.1, -0.05) is 12.1 Å². The van der Waals surface area contributed by atoms with E-state index in [-0.39, 0.29) is 30.8 Å². The molecule has 0 aliphatic carbocycles. The van der Waals surface area contributed by atoms with Crippen molar-refractivity contribution in [2.75, 3.05) is 25.7 Å². The normalized spacial score (nSPS) is 16.1. The van der Waals surface area contributed by atoms with Crippen LogP contribution in [-0.4, -0.2) is 38.5 Å². The van der Waals surface area contributed by atoms with Crippen LogP contribution in [0.25, 0.3) is 0 Å². The van der Waals surface area contributed by atoms with Crippen molar-refractivity contribution >= 4 is 23.5 Å². The highest BCUT2D eigenvalue weighted by Gasteiger charge is 2.36. The van der Waals surface area contributed by atoms with Gasteiger partial charge in [0.2, 0.25) is 11.8 Å². The van der Waals surface area contributed by atoms with Crippen LogP contribution in [0.4, 0.5) is 18.9 Å². The Bertz CT molecular complexity index is 1040. The first-order chi connectivity index (χ1) is 15.1. The SMILES string of the molecule is COC(=O)c1cc(CNC(=O)[C@@H]2CC(=O)N(c3cccc(C(F)(F)F)c3)C2)ccc1OC. The highest BCUT2D eigenvalue weighted by atomic mass is 19.4. The largest absolute Gasteiger partial charge is 0.496 e. The Balaban J connectivity index is 1.66. The van der Waals surface area contributed by atoms with Crippen LogP contribution in [0.15, 0.2) is 42.5 Å². The monoisotopic (exact) mass is 450 g/mol. The molecule has 32 heavy (non-hydrogen) atoms. The lowest BCUT2D eigenvalue weighted by Gasteiger charge is -2.18. The van der Waals surface area contributed by atoms with E-state index in [4.69, 9.17) is 9.47 Å². The second-order valence-corrected chi connectivity index (χ2v) is 7.20. The smallest absolute Gasteiger partial charge is 0.416 e. The number of nitrogens with one attached hydrogen (secondary N) is 1. The molecule has 10 heteroatoms. The van der Waals surface area contributed by atoms with Crippen molar-refractivity contribution in [3.8, 4) is 5.75 Å². The van der Waals surface area contributed by atoms with Gasteiger partial charge in [0.15, 0.2) is 0 Å². The zero-order chi connectivity index (χ0) is 23.5. The second kappa shape index (κ2) is 9.29. The molecule has 1 saturated heterocycles. The molecule has 0 saturated carbocycles. The van der Waals surface area contributed by atoms with Crippen LogP contribution in [0, 0.1) is 5.92 Å².